The van der Waals surface area contributed by atoms with Gasteiger partial charge in [0.1, 0.15) is 6.61 Å². The van der Waals surface area contributed by atoms with Crippen molar-refractivity contribution >= 4 is 0 Å². The molecule has 0 saturated carbocycles. The molecule has 0 spiro atoms. The Morgan fingerprint density at radius 2 is 1.74 bits per heavy atom. The lowest BCUT2D eigenvalue weighted by atomic mass is 10.1. The van der Waals surface area contributed by atoms with Crippen LogP contribution in [0.5, 0.6) is 11.5 Å². The Hall–Kier alpha value is -2.04. The molecular formula is C19H24O4. The van der Waals surface area contributed by atoms with Crippen LogP contribution in [-0.2, 0) is 13.0 Å². The smallest absolute Gasteiger partial charge is 0.161 e. The molecule has 2 aromatic rings. The summed E-state index contributed by atoms with van der Waals surface area (Å²) in [5.41, 5.74) is 2.15. The molecule has 0 radical (unpaired) electrons. The second-order valence-corrected chi connectivity index (χ2v) is 5.36. The molecule has 0 amide bonds. The lowest BCUT2D eigenvalue weighted by Gasteiger charge is -2.14. The van der Waals surface area contributed by atoms with E-state index in [-0.39, 0.29) is 6.61 Å². The Bertz CT molecular complexity index is 583. The van der Waals surface area contributed by atoms with Crippen molar-refractivity contribution in [3.05, 3.63) is 59.7 Å². The molecule has 0 heterocycles. The van der Waals surface area contributed by atoms with Crippen LogP contribution in [0.25, 0.3) is 0 Å². The summed E-state index contributed by atoms with van der Waals surface area (Å²) in [5, 5.41) is 18.3. The van der Waals surface area contributed by atoms with E-state index >= 15 is 0 Å². The van der Waals surface area contributed by atoms with Crippen molar-refractivity contribution in [1.82, 2.24) is 0 Å². The topological polar surface area (TPSA) is 58.9 Å². The minimum atomic E-state index is -0.681. The Kier molecular flexibility index (Phi) is 6.91. The van der Waals surface area contributed by atoms with E-state index in [0.717, 1.165) is 11.1 Å². The van der Waals surface area contributed by atoms with Crippen molar-refractivity contribution in [3.8, 4) is 11.5 Å². The van der Waals surface area contributed by atoms with Crippen molar-refractivity contribution in [2.75, 3.05) is 13.2 Å². The standard InChI is InChI=1S/C19H24O4/c1-2-22-19-12-15(8-10-17(21)13-20)9-11-18(19)23-14-16-6-4-3-5-7-16/h3-7,9,11-12,17,20-21H,2,8,10,13-14H2,1H3. The predicted molar refractivity (Wildman–Crippen MR) is 89.8 cm³/mol. The van der Waals surface area contributed by atoms with E-state index in [4.69, 9.17) is 14.6 Å². The first-order valence-corrected chi connectivity index (χ1v) is 7.94. The van der Waals surface area contributed by atoms with E-state index in [9.17, 15) is 5.11 Å². The fraction of sp³-hybridized carbons (Fsp3) is 0.368. The second-order valence-electron chi connectivity index (χ2n) is 5.36. The summed E-state index contributed by atoms with van der Waals surface area (Å²) in [4.78, 5) is 0. The van der Waals surface area contributed by atoms with Gasteiger partial charge in [-0.3, -0.25) is 0 Å². The number of rotatable bonds is 9. The second kappa shape index (κ2) is 9.18. The highest BCUT2D eigenvalue weighted by molar-refractivity contribution is 5.43. The Morgan fingerprint density at radius 1 is 0.957 bits per heavy atom. The van der Waals surface area contributed by atoms with Crippen molar-refractivity contribution in [2.45, 2.75) is 32.5 Å². The van der Waals surface area contributed by atoms with Gasteiger partial charge in [-0.2, -0.15) is 0 Å². The highest BCUT2D eigenvalue weighted by Gasteiger charge is 2.09. The summed E-state index contributed by atoms with van der Waals surface area (Å²) < 4.78 is 11.5. The molecule has 23 heavy (non-hydrogen) atoms. The Morgan fingerprint density at radius 3 is 2.43 bits per heavy atom. The number of aryl methyl sites for hydroxylation is 1. The molecule has 0 aromatic heterocycles. The number of hydrogen-bond donors (Lipinski definition) is 2. The molecule has 1 atom stereocenters. The minimum absolute atomic E-state index is 0.212. The van der Waals surface area contributed by atoms with Crippen molar-refractivity contribution < 1.29 is 19.7 Å². The summed E-state index contributed by atoms with van der Waals surface area (Å²) in [6, 6.07) is 15.8. The number of ether oxygens (including phenoxy) is 2. The summed E-state index contributed by atoms with van der Waals surface area (Å²) in [7, 11) is 0. The quantitative estimate of drug-likeness (QED) is 0.747. The van der Waals surface area contributed by atoms with Crippen LogP contribution in [0.4, 0.5) is 0 Å². The van der Waals surface area contributed by atoms with Gasteiger partial charge in [-0.15, -0.1) is 0 Å². The van der Waals surface area contributed by atoms with Crippen LogP contribution in [0.2, 0.25) is 0 Å². The SMILES string of the molecule is CCOc1cc(CCC(O)CO)ccc1OCc1ccccc1. The van der Waals surface area contributed by atoms with Gasteiger partial charge in [0.2, 0.25) is 0 Å². The third-order valence-corrected chi connectivity index (χ3v) is 3.52. The first kappa shape index (κ1) is 17.3. The van der Waals surface area contributed by atoms with E-state index in [2.05, 4.69) is 0 Å². The van der Waals surface area contributed by atoms with Gasteiger partial charge >= 0.3 is 0 Å². The monoisotopic (exact) mass is 316 g/mol. The van der Waals surface area contributed by atoms with E-state index in [0.29, 0.717) is 37.6 Å². The number of aliphatic hydroxyl groups is 2. The molecule has 4 nitrogen and oxygen atoms in total. The number of aliphatic hydroxyl groups excluding tert-OH is 2. The lowest BCUT2D eigenvalue weighted by Crippen LogP contribution is -2.12. The lowest BCUT2D eigenvalue weighted by molar-refractivity contribution is 0.0885. The van der Waals surface area contributed by atoms with E-state index in [1.807, 2.05) is 55.5 Å². The van der Waals surface area contributed by atoms with Gasteiger partial charge in [-0.25, -0.2) is 0 Å². The molecule has 124 valence electrons. The molecule has 0 saturated heterocycles. The van der Waals surface area contributed by atoms with Gasteiger partial charge in [0.05, 0.1) is 19.3 Å². The van der Waals surface area contributed by atoms with Crippen molar-refractivity contribution in [2.24, 2.45) is 0 Å². The average Bonchev–Trinajstić information content (AvgIpc) is 2.60. The first-order valence-electron chi connectivity index (χ1n) is 7.94. The molecular weight excluding hydrogens is 292 g/mol. The van der Waals surface area contributed by atoms with Gasteiger partial charge in [0.25, 0.3) is 0 Å². The van der Waals surface area contributed by atoms with Gasteiger partial charge in [0.15, 0.2) is 11.5 Å². The first-order chi connectivity index (χ1) is 11.2. The third-order valence-electron chi connectivity index (χ3n) is 3.52. The molecule has 0 bridgehead atoms. The van der Waals surface area contributed by atoms with Crippen LogP contribution in [0, 0.1) is 0 Å². The Labute approximate surface area is 137 Å². The molecule has 0 aliphatic rings. The molecule has 2 N–H and O–H groups in total. The minimum Gasteiger partial charge on any atom is -0.490 e. The largest absolute Gasteiger partial charge is 0.490 e. The summed E-state index contributed by atoms with van der Waals surface area (Å²) in [6.07, 6.45) is 0.520. The summed E-state index contributed by atoms with van der Waals surface area (Å²) in [5.74, 6) is 1.42. The van der Waals surface area contributed by atoms with Crippen LogP contribution >= 0.6 is 0 Å². The maximum atomic E-state index is 9.45. The predicted octanol–water partition coefficient (Wildman–Crippen LogP) is 2.95. The molecule has 2 rings (SSSR count). The van der Waals surface area contributed by atoms with Crippen molar-refractivity contribution in [1.29, 1.82) is 0 Å². The van der Waals surface area contributed by atoms with Gasteiger partial charge < -0.3 is 19.7 Å². The average molecular weight is 316 g/mol. The van der Waals surface area contributed by atoms with Crippen LogP contribution in [0.15, 0.2) is 48.5 Å². The zero-order valence-corrected chi connectivity index (χ0v) is 13.4. The van der Waals surface area contributed by atoms with Gasteiger partial charge in [-0.05, 0) is 43.0 Å². The van der Waals surface area contributed by atoms with Crippen LogP contribution < -0.4 is 9.47 Å². The third kappa shape index (κ3) is 5.58. The fourth-order valence-electron chi connectivity index (χ4n) is 2.26. The number of hydrogen-bond acceptors (Lipinski definition) is 4. The molecule has 0 aliphatic carbocycles. The molecule has 1 unspecified atom stereocenters. The summed E-state index contributed by atoms with van der Waals surface area (Å²) in [6.45, 7) is 2.77. The van der Waals surface area contributed by atoms with E-state index in [1.165, 1.54) is 0 Å². The normalized spacial score (nSPS) is 12.0. The summed E-state index contributed by atoms with van der Waals surface area (Å²) >= 11 is 0. The highest BCUT2D eigenvalue weighted by Crippen LogP contribution is 2.29. The van der Waals surface area contributed by atoms with Crippen molar-refractivity contribution in [3.63, 3.8) is 0 Å². The van der Waals surface area contributed by atoms with Crippen LogP contribution in [-0.4, -0.2) is 29.5 Å². The molecule has 2 aromatic carbocycles. The molecule has 4 heteroatoms. The molecule has 0 fully saturated rings. The Balaban J connectivity index is 2.03. The van der Waals surface area contributed by atoms with Crippen LogP contribution in [0.1, 0.15) is 24.5 Å². The maximum Gasteiger partial charge on any atom is 0.161 e. The highest BCUT2D eigenvalue weighted by atomic mass is 16.5. The fourth-order valence-corrected chi connectivity index (χ4v) is 2.26. The zero-order chi connectivity index (χ0) is 16.5. The maximum absolute atomic E-state index is 9.45. The number of benzene rings is 2. The van der Waals surface area contributed by atoms with Crippen LogP contribution in [0.3, 0.4) is 0 Å². The van der Waals surface area contributed by atoms with E-state index < -0.39 is 6.10 Å². The zero-order valence-electron chi connectivity index (χ0n) is 13.4. The van der Waals surface area contributed by atoms with Gasteiger partial charge in [0, 0.05) is 0 Å². The molecule has 0 aliphatic heterocycles. The van der Waals surface area contributed by atoms with Gasteiger partial charge in [-0.1, -0.05) is 36.4 Å². The van der Waals surface area contributed by atoms with E-state index in [1.54, 1.807) is 0 Å².